The second kappa shape index (κ2) is 2.47. The zero-order valence-corrected chi connectivity index (χ0v) is 5.94. The van der Waals surface area contributed by atoms with E-state index in [0.29, 0.717) is 0 Å². The van der Waals surface area contributed by atoms with Crippen LogP contribution in [-0.2, 0) is 0 Å². The molecule has 0 aliphatic heterocycles. The Morgan fingerprint density at radius 3 is 1.60 bits per heavy atom. The highest BCUT2D eigenvalue weighted by molar-refractivity contribution is 4.95. The van der Waals surface area contributed by atoms with E-state index in [1.807, 2.05) is 0 Å². The van der Waals surface area contributed by atoms with E-state index in [9.17, 15) is 0 Å². The molecular weight excluding hydrogens is 134 g/mol. The maximum absolute atomic E-state index is 9.16. The second-order valence-electron chi connectivity index (χ2n) is 2.99. The Morgan fingerprint density at radius 1 is 1.00 bits per heavy atom. The van der Waals surface area contributed by atoms with Crippen molar-refractivity contribution in [2.75, 3.05) is 0 Å². The van der Waals surface area contributed by atoms with Gasteiger partial charge in [0.15, 0.2) is 0 Å². The molecule has 1 saturated carbocycles. The summed E-state index contributed by atoms with van der Waals surface area (Å²) in [6.07, 6.45) is -2.71. The Morgan fingerprint density at radius 2 is 1.50 bits per heavy atom. The van der Waals surface area contributed by atoms with Crippen LogP contribution in [0.25, 0.3) is 0 Å². The van der Waals surface area contributed by atoms with Crippen LogP contribution < -0.4 is 5.73 Å². The Labute approximate surface area is 59.3 Å². The third-order valence-electron chi connectivity index (χ3n) is 2.35. The van der Waals surface area contributed by atoms with E-state index in [-0.39, 0.29) is 12.0 Å². The van der Waals surface area contributed by atoms with Crippen molar-refractivity contribution < 1.29 is 21.1 Å². The van der Waals surface area contributed by atoms with Gasteiger partial charge in [-0.2, -0.15) is 0 Å². The number of hydrogen-bond acceptors (Lipinski definition) is 3. The first-order valence-corrected chi connectivity index (χ1v) is 3.43. The van der Waals surface area contributed by atoms with E-state index in [2.05, 4.69) is 5.73 Å². The Kier molecular flexibility index (Phi) is 1.96. The molecule has 0 saturated heterocycles. The van der Waals surface area contributed by atoms with Gasteiger partial charge < -0.3 is 21.1 Å². The van der Waals surface area contributed by atoms with Crippen LogP contribution in [0, 0.1) is 5.92 Å². The summed E-state index contributed by atoms with van der Waals surface area (Å²) < 4.78 is 0. The van der Waals surface area contributed by atoms with Crippen molar-refractivity contribution in [3.63, 3.8) is 0 Å². The lowest BCUT2D eigenvalue weighted by Crippen LogP contribution is -2.67. The van der Waals surface area contributed by atoms with Crippen LogP contribution in [0.5, 0.6) is 0 Å². The lowest BCUT2D eigenvalue weighted by Gasteiger charge is -2.09. The number of rotatable bonds is 0. The topological polar surface area (TPSA) is 88.3 Å². The van der Waals surface area contributed by atoms with Gasteiger partial charge in [-0.05, 0) is 0 Å². The molecule has 0 amide bonds. The molecule has 6 N–H and O–H groups in total. The number of aliphatic hydroxyl groups is 3. The summed E-state index contributed by atoms with van der Waals surface area (Å²) in [6, 6.07) is -0.259. The third kappa shape index (κ3) is 0.932. The van der Waals surface area contributed by atoms with Crippen LogP contribution in [0.2, 0.25) is 0 Å². The van der Waals surface area contributed by atoms with Crippen molar-refractivity contribution in [2.45, 2.75) is 31.3 Å². The first-order valence-electron chi connectivity index (χ1n) is 3.43. The first kappa shape index (κ1) is 7.94. The second-order valence-corrected chi connectivity index (χ2v) is 2.99. The maximum Gasteiger partial charge on any atom is 0.134 e. The fraction of sp³-hybridized carbons (Fsp3) is 1.00. The molecule has 10 heavy (non-hydrogen) atoms. The molecule has 0 bridgehead atoms. The van der Waals surface area contributed by atoms with Crippen molar-refractivity contribution in [1.82, 2.24) is 0 Å². The first-order chi connectivity index (χ1) is 4.55. The van der Waals surface area contributed by atoms with Gasteiger partial charge >= 0.3 is 0 Å². The lowest BCUT2D eigenvalue weighted by atomic mass is 10.1. The van der Waals surface area contributed by atoms with Crippen molar-refractivity contribution in [3.05, 3.63) is 0 Å². The minimum atomic E-state index is -1.02. The highest BCUT2D eigenvalue weighted by atomic mass is 16.4. The quantitative estimate of drug-likeness (QED) is 0.302. The van der Waals surface area contributed by atoms with E-state index in [4.69, 9.17) is 15.3 Å². The normalized spacial score (nSPS) is 55.5. The van der Waals surface area contributed by atoms with Gasteiger partial charge in [0.25, 0.3) is 0 Å². The fourth-order valence-corrected chi connectivity index (χ4v) is 1.33. The molecule has 0 aromatic carbocycles. The van der Waals surface area contributed by atoms with E-state index in [1.165, 1.54) is 0 Å². The minimum absolute atomic E-state index is 0.120. The summed E-state index contributed by atoms with van der Waals surface area (Å²) in [7, 11) is 0. The molecular formula is C6H14NO3+. The van der Waals surface area contributed by atoms with Crippen LogP contribution >= 0.6 is 0 Å². The van der Waals surface area contributed by atoms with Gasteiger partial charge in [0.1, 0.15) is 18.2 Å². The number of quaternary nitrogens is 1. The Balaban J connectivity index is 2.68. The smallest absolute Gasteiger partial charge is 0.134 e. The minimum Gasteiger partial charge on any atom is -0.390 e. The molecule has 5 atom stereocenters. The molecule has 1 fully saturated rings. The Hall–Kier alpha value is -0.160. The van der Waals surface area contributed by atoms with Gasteiger partial charge in [0, 0.05) is 5.92 Å². The highest BCUT2D eigenvalue weighted by Crippen LogP contribution is 2.23. The average Bonchev–Trinajstić information content (AvgIpc) is 2.07. The zero-order chi connectivity index (χ0) is 7.89. The van der Waals surface area contributed by atoms with Gasteiger partial charge in [-0.15, -0.1) is 0 Å². The average molecular weight is 148 g/mol. The van der Waals surface area contributed by atoms with Crippen molar-refractivity contribution in [3.8, 4) is 0 Å². The summed E-state index contributed by atoms with van der Waals surface area (Å²) in [5.41, 5.74) is 3.63. The molecule has 1 aliphatic rings. The largest absolute Gasteiger partial charge is 0.390 e. The van der Waals surface area contributed by atoms with Crippen molar-refractivity contribution >= 4 is 0 Å². The van der Waals surface area contributed by atoms with Crippen molar-refractivity contribution in [2.24, 2.45) is 5.92 Å². The number of aliphatic hydroxyl groups excluding tert-OH is 3. The monoisotopic (exact) mass is 148 g/mol. The van der Waals surface area contributed by atoms with Crippen LogP contribution in [-0.4, -0.2) is 39.7 Å². The summed E-state index contributed by atoms with van der Waals surface area (Å²) in [5.74, 6) is -0.120. The molecule has 60 valence electrons. The fourth-order valence-electron chi connectivity index (χ4n) is 1.33. The summed E-state index contributed by atoms with van der Waals surface area (Å²) in [6.45, 7) is 1.77. The molecule has 4 heteroatoms. The number of hydrogen-bond donors (Lipinski definition) is 4. The van der Waals surface area contributed by atoms with E-state index in [0.717, 1.165) is 0 Å². The van der Waals surface area contributed by atoms with Crippen LogP contribution in [0.15, 0.2) is 0 Å². The highest BCUT2D eigenvalue weighted by Gasteiger charge is 2.47. The lowest BCUT2D eigenvalue weighted by molar-refractivity contribution is -0.444. The van der Waals surface area contributed by atoms with E-state index < -0.39 is 18.3 Å². The van der Waals surface area contributed by atoms with Gasteiger partial charge in [0.05, 0.1) is 6.10 Å². The van der Waals surface area contributed by atoms with E-state index >= 15 is 0 Å². The van der Waals surface area contributed by atoms with Crippen LogP contribution in [0.3, 0.4) is 0 Å². The molecule has 0 spiro atoms. The predicted molar refractivity (Wildman–Crippen MR) is 33.9 cm³/mol. The summed E-state index contributed by atoms with van der Waals surface area (Å²) in [5, 5.41) is 27.4. The van der Waals surface area contributed by atoms with Gasteiger partial charge in [-0.25, -0.2) is 0 Å². The molecule has 4 nitrogen and oxygen atoms in total. The third-order valence-corrected chi connectivity index (χ3v) is 2.35. The summed E-state index contributed by atoms with van der Waals surface area (Å²) >= 11 is 0. The molecule has 0 radical (unpaired) electrons. The van der Waals surface area contributed by atoms with Gasteiger partial charge in [-0.3, -0.25) is 0 Å². The van der Waals surface area contributed by atoms with Gasteiger partial charge in [0.2, 0.25) is 0 Å². The molecule has 0 aromatic heterocycles. The SMILES string of the molecule is C[C@@H]1[C@@H]([NH3+])[C@@H](O)[C@H](O)[C@@H]1O. The molecule has 1 rings (SSSR count). The van der Waals surface area contributed by atoms with Gasteiger partial charge in [-0.1, -0.05) is 6.92 Å². The maximum atomic E-state index is 9.16. The molecule has 1 aliphatic carbocycles. The van der Waals surface area contributed by atoms with Crippen molar-refractivity contribution in [1.29, 1.82) is 0 Å². The van der Waals surface area contributed by atoms with Crippen LogP contribution in [0.1, 0.15) is 6.92 Å². The summed E-state index contributed by atoms with van der Waals surface area (Å²) in [4.78, 5) is 0. The molecule has 0 unspecified atom stereocenters. The Bertz CT molecular complexity index is 85.3. The predicted octanol–water partition coefficient (Wildman–Crippen LogP) is -2.67. The van der Waals surface area contributed by atoms with Crippen LogP contribution in [0.4, 0.5) is 0 Å². The molecule has 0 heterocycles. The standard InChI is InChI=1S/C6H13NO3/c1-2-3(7)5(9)6(10)4(2)8/h2-6,8-10H,7H2,1H3/p+1/t2-,3-,4-,5-,6-/m1/s1. The van der Waals surface area contributed by atoms with E-state index in [1.54, 1.807) is 6.92 Å². The zero-order valence-electron chi connectivity index (χ0n) is 5.94. The molecule has 0 aromatic rings.